The van der Waals surface area contributed by atoms with E-state index < -0.39 is 37.4 Å². The minimum Gasteiger partial charge on any atom is -0.480 e. The summed E-state index contributed by atoms with van der Waals surface area (Å²) in [6, 6.07) is 18.2. The van der Waals surface area contributed by atoms with Crippen molar-refractivity contribution in [3.8, 4) is 0 Å². The second kappa shape index (κ2) is 11.0. The molecule has 1 aliphatic heterocycles. The fourth-order valence-corrected chi connectivity index (χ4v) is 6.47. The van der Waals surface area contributed by atoms with Gasteiger partial charge in [0, 0.05) is 11.9 Å². The molecule has 0 radical (unpaired) electrons. The normalized spacial score (nSPS) is 20.9. The standard InChI is InChI=1S/C22H27N2O5PS/c25-20(26)15-24-21(27)19(16-31-22(24)18-12-5-2-6-13-18)23-30(28,29)14-8-7-11-17-9-3-1-4-10-17/h1-6,9-10,12-13,19,22H,7-8,11,14-16H2,(H,25,26)(H2,23,28,29). The lowest BCUT2D eigenvalue weighted by Gasteiger charge is -2.38. The van der Waals surface area contributed by atoms with E-state index in [2.05, 4.69) is 5.09 Å². The zero-order valence-electron chi connectivity index (χ0n) is 17.1. The third-order valence-corrected chi connectivity index (χ3v) is 8.06. The quantitative estimate of drug-likeness (QED) is 0.366. The van der Waals surface area contributed by atoms with Gasteiger partial charge in [0.2, 0.25) is 5.91 Å². The van der Waals surface area contributed by atoms with Crippen molar-refractivity contribution in [2.24, 2.45) is 0 Å². The summed E-state index contributed by atoms with van der Waals surface area (Å²) in [6.07, 6.45) is 2.21. The van der Waals surface area contributed by atoms with Crippen LogP contribution in [0.25, 0.3) is 0 Å². The van der Waals surface area contributed by atoms with Crippen molar-refractivity contribution in [1.29, 1.82) is 0 Å². The molecule has 3 atom stereocenters. The van der Waals surface area contributed by atoms with Crippen LogP contribution in [0, 0.1) is 0 Å². The first kappa shape index (κ1) is 23.5. The van der Waals surface area contributed by atoms with E-state index in [1.54, 1.807) is 0 Å². The largest absolute Gasteiger partial charge is 0.480 e. The van der Waals surface area contributed by atoms with Crippen LogP contribution in [-0.2, 0) is 20.6 Å². The number of aryl methyl sites for hydroxylation is 1. The van der Waals surface area contributed by atoms with Gasteiger partial charge in [-0.15, -0.1) is 11.8 Å². The summed E-state index contributed by atoms with van der Waals surface area (Å²) in [5.41, 5.74) is 2.01. The van der Waals surface area contributed by atoms with Gasteiger partial charge in [-0.2, -0.15) is 0 Å². The molecule has 1 amide bonds. The summed E-state index contributed by atoms with van der Waals surface area (Å²) in [5, 5.41) is 11.5. The highest BCUT2D eigenvalue weighted by Gasteiger charge is 2.40. The second-order valence-electron chi connectivity index (χ2n) is 7.51. The summed E-state index contributed by atoms with van der Waals surface area (Å²) < 4.78 is 12.7. The fraction of sp³-hybridized carbons (Fsp3) is 0.364. The molecule has 0 aliphatic carbocycles. The van der Waals surface area contributed by atoms with Crippen LogP contribution in [-0.4, -0.2) is 51.3 Å². The maximum absolute atomic E-state index is 13.0. The van der Waals surface area contributed by atoms with Crippen molar-refractivity contribution in [3.63, 3.8) is 0 Å². The Morgan fingerprint density at radius 2 is 1.74 bits per heavy atom. The molecule has 0 spiro atoms. The summed E-state index contributed by atoms with van der Waals surface area (Å²) in [4.78, 5) is 36.0. The molecule has 1 aliphatic rings. The Kier molecular flexibility index (Phi) is 8.32. The fourth-order valence-electron chi connectivity index (χ4n) is 3.57. The molecule has 7 nitrogen and oxygen atoms in total. The molecular weight excluding hydrogens is 435 g/mol. The molecule has 3 unspecified atom stereocenters. The number of carboxylic acids is 1. The Labute approximate surface area is 186 Å². The van der Waals surface area contributed by atoms with E-state index in [0.717, 1.165) is 18.4 Å². The molecule has 3 N–H and O–H groups in total. The highest BCUT2D eigenvalue weighted by molar-refractivity contribution is 7.99. The number of thioether (sulfide) groups is 1. The predicted octanol–water partition coefficient (Wildman–Crippen LogP) is 3.51. The number of unbranched alkanes of at least 4 members (excludes halogenated alkanes) is 1. The molecular formula is C22H27N2O5PS. The topological polar surface area (TPSA) is 107 Å². The van der Waals surface area contributed by atoms with Gasteiger partial charge in [0.15, 0.2) is 0 Å². The Morgan fingerprint density at radius 1 is 1.10 bits per heavy atom. The van der Waals surface area contributed by atoms with Crippen molar-refractivity contribution in [3.05, 3.63) is 71.8 Å². The minimum atomic E-state index is -3.73. The molecule has 1 heterocycles. The summed E-state index contributed by atoms with van der Waals surface area (Å²) in [6.45, 7) is -0.462. The van der Waals surface area contributed by atoms with E-state index in [4.69, 9.17) is 0 Å². The molecule has 31 heavy (non-hydrogen) atoms. The Morgan fingerprint density at radius 3 is 2.39 bits per heavy atom. The van der Waals surface area contributed by atoms with Gasteiger partial charge in [-0.25, -0.2) is 5.09 Å². The number of benzene rings is 2. The van der Waals surface area contributed by atoms with Crippen LogP contribution in [0.3, 0.4) is 0 Å². The van der Waals surface area contributed by atoms with E-state index in [-0.39, 0.29) is 6.16 Å². The second-order valence-corrected chi connectivity index (χ2v) is 10.7. The Bertz CT molecular complexity index is 928. The van der Waals surface area contributed by atoms with Gasteiger partial charge < -0.3 is 14.9 Å². The van der Waals surface area contributed by atoms with Crippen molar-refractivity contribution >= 4 is 31.2 Å². The zero-order chi connectivity index (χ0) is 22.3. The first-order valence-corrected chi connectivity index (χ1v) is 13.1. The number of carbonyl (C=O) groups is 2. The molecule has 2 aromatic carbocycles. The van der Waals surface area contributed by atoms with Gasteiger partial charge in [0.1, 0.15) is 18.0 Å². The van der Waals surface area contributed by atoms with Gasteiger partial charge in [-0.3, -0.25) is 14.2 Å². The van der Waals surface area contributed by atoms with Gasteiger partial charge in [-0.1, -0.05) is 60.7 Å². The zero-order valence-corrected chi connectivity index (χ0v) is 18.8. The lowest BCUT2D eigenvalue weighted by Crippen LogP contribution is -2.52. The maximum Gasteiger partial charge on any atom is 0.323 e. The van der Waals surface area contributed by atoms with Crippen molar-refractivity contribution in [2.75, 3.05) is 18.5 Å². The average Bonchev–Trinajstić information content (AvgIpc) is 2.75. The Balaban J connectivity index is 1.58. The van der Waals surface area contributed by atoms with E-state index in [9.17, 15) is 24.2 Å². The average molecular weight is 463 g/mol. The third-order valence-electron chi connectivity index (χ3n) is 5.05. The van der Waals surface area contributed by atoms with Gasteiger partial charge in [0.05, 0.1) is 0 Å². The number of carboxylic acid groups (broad SMARTS) is 1. The van der Waals surface area contributed by atoms with Crippen LogP contribution in [0.1, 0.15) is 29.3 Å². The smallest absolute Gasteiger partial charge is 0.323 e. The number of rotatable bonds is 10. The number of amides is 1. The molecule has 0 bridgehead atoms. The van der Waals surface area contributed by atoms with Crippen LogP contribution in [0.2, 0.25) is 0 Å². The number of nitrogens with one attached hydrogen (secondary N) is 1. The number of carbonyl (C=O) groups excluding carboxylic acids is 1. The molecule has 0 saturated carbocycles. The summed E-state index contributed by atoms with van der Waals surface area (Å²) in [5.74, 6) is -1.29. The Hall–Kier alpha value is -2.12. The molecule has 3 rings (SSSR count). The van der Waals surface area contributed by atoms with Crippen molar-refractivity contribution in [1.82, 2.24) is 9.99 Å². The summed E-state index contributed by atoms with van der Waals surface area (Å²) in [7, 11) is -3.73. The van der Waals surface area contributed by atoms with Crippen LogP contribution in [0.5, 0.6) is 0 Å². The minimum absolute atomic E-state index is 0.0648. The summed E-state index contributed by atoms with van der Waals surface area (Å²) >= 11 is 1.39. The third kappa shape index (κ3) is 6.94. The van der Waals surface area contributed by atoms with Gasteiger partial charge in [-0.05, 0) is 30.4 Å². The first-order chi connectivity index (χ1) is 14.9. The first-order valence-electron chi connectivity index (χ1n) is 10.2. The van der Waals surface area contributed by atoms with E-state index in [1.165, 1.54) is 22.2 Å². The predicted molar refractivity (Wildman–Crippen MR) is 122 cm³/mol. The molecule has 1 fully saturated rings. The van der Waals surface area contributed by atoms with Crippen LogP contribution in [0.4, 0.5) is 0 Å². The van der Waals surface area contributed by atoms with Crippen LogP contribution >= 0.6 is 19.3 Å². The van der Waals surface area contributed by atoms with E-state index >= 15 is 0 Å². The van der Waals surface area contributed by atoms with Crippen molar-refractivity contribution < 1.29 is 24.2 Å². The lowest BCUT2D eigenvalue weighted by molar-refractivity contribution is -0.145. The molecule has 0 aromatic heterocycles. The maximum atomic E-state index is 13.0. The van der Waals surface area contributed by atoms with E-state index in [1.807, 2.05) is 60.7 Å². The van der Waals surface area contributed by atoms with Gasteiger partial charge in [0.25, 0.3) is 7.52 Å². The number of nitrogens with zero attached hydrogens (tertiary/aromatic N) is 1. The van der Waals surface area contributed by atoms with Crippen LogP contribution < -0.4 is 5.09 Å². The van der Waals surface area contributed by atoms with Crippen LogP contribution in [0.15, 0.2) is 60.7 Å². The monoisotopic (exact) mass is 462 g/mol. The van der Waals surface area contributed by atoms with Gasteiger partial charge >= 0.3 is 5.97 Å². The highest BCUT2D eigenvalue weighted by Crippen LogP contribution is 2.42. The lowest BCUT2D eigenvalue weighted by atomic mass is 10.1. The van der Waals surface area contributed by atoms with Crippen molar-refractivity contribution in [2.45, 2.75) is 30.7 Å². The highest BCUT2D eigenvalue weighted by atomic mass is 32.2. The number of hydrogen-bond acceptors (Lipinski definition) is 4. The van der Waals surface area contributed by atoms with E-state index in [0.29, 0.717) is 12.2 Å². The number of aliphatic carboxylic acids is 1. The molecule has 166 valence electrons. The number of hydrogen-bond donors (Lipinski definition) is 3. The molecule has 1 saturated heterocycles. The molecule has 9 heteroatoms. The SMILES string of the molecule is O=C(O)CN1C(=O)C(NP(=O)(O)CCCCc2ccccc2)CSC1c1ccccc1. The molecule has 2 aromatic rings.